The van der Waals surface area contributed by atoms with E-state index in [2.05, 4.69) is 5.32 Å². The van der Waals surface area contributed by atoms with Crippen LogP contribution in [0.1, 0.15) is 27.9 Å². The van der Waals surface area contributed by atoms with Crippen LogP contribution in [0.15, 0.2) is 42.5 Å². The zero-order valence-electron chi connectivity index (χ0n) is 14.0. The van der Waals surface area contributed by atoms with E-state index < -0.39 is 15.9 Å². The number of anilines is 1. The number of rotatable bonds is 4. The normalized spacial score (nSPS) is 15.9. The SMILES string of the molecule is Cc1ccccc1CNC(=O)c1ccc(N2C(=O)CCS2(=O)=O)cc1Cl. The summed E-state index contributed by atoms with van der Waals surface area (Å²) in [5.74, 6) is -1.10. The Balaban J connectivity index is 1.78. The largest absolute Gasteiger partial charge is 0.348 e. The number of nitrogens with zero attached hydrogens (tertiary/aromatic N) is 1. The van der Waals surface area contributed by atoms with Gasteiger partial charge in [-0.05, 0) is 36.2 Å². The van der Waals surface area contributed by atoms with Crippen molar-refractivity contribution in [1.82, 2.24) is 5.32 Å². The molecule has 8 heteroatoms. The Kier molecular flexibility index (Phi) is 5.02. The third-order valence-electron chi connectivity index (χ3n) is 4.21. The third kappa shape index (κ3) is 3.59. The summed E-state index contributed by atoms with van der Waals surface area (Å²) in [5, 5.41) is 2.87. The molecule has 0 aromatic heterocycles. The molecule has 2 amide bonds. The second-order valence-corrected chi connectivity index (χ2v) is 8.34. The lowest BCUT2D eigenvalue weighted by Crippen LogP contribution is -2.29. The summed E-state index contributed by atoms with van der Waals surface area (Å²) in [4.78, 5) is 24.2. The van der Waals surface area contributed by atoms with Gasteiger partial charge in [-0.3, -0.25) is 9.59 Å². The fourth-order valence-electron chi connectivity index (χ4n) is 2.76. The predicted molar refractivity (Wildman–Crippen MR) is 99.7 cm³/mol. The molecule has 0 saturated carbocycles. The number of hydrogen-bond donors (Lipinski definition) is 1. The number of carbonyl (C=O) groups excluding carboxylic acids is 2. The number of aryl methyl sites for hydroxylation is 1. The minimum absolute atomic E-state index is 0.0569. The molecule has 0 radical (unpaired) electrons. The predicted octanol–water partition coefficient (Wildman–Crippen LogP) is 2.64. The van der Waals surface area contributed by atoms with Crippen molar-refractivity contribution in [3.63, 3.8) is 0 Å². The number of hydrogen-bond acceptors (Lipinski definition) is 4. The molecule has 0 aliphatic carbocycles. The van der Waals surface area contributed by atoms with Crippen molar-refractivity contribution in [2.24, 2.45) is 0 Å². The molecular weight excluding hydrogens is 376 g/mol. The molecule has 3 rings (SSSR count). The van der Waals surface area contributed by atoms with Gasteiger partial charge < -0.3 is 5.32 Å². The standard InChI is InChI=1S/C18H17ClN2O4S/c1-12-4-2-3-5-13(12)11-20-18(23)15-7-6-14(10-16(15)19)21-17(22)8-9-26(21,24)25/h2-7,10H,8-9,11H2,1H3,(H,20,23). The van der Waals surface area contributed by atoms with Crippen molar-refractivity contribution >= 4 is 39.1 Å². The average molecular weight is 393 g/mol. The van der Waals surface area contributed by atoms with Gasteiger partial charge in [-0.25, -0.2) is 12.7 Å². The van der Waals surface area contributed by atoms with Crippen LogP contribution < -0.4 is 9.62 Å². The minimum atomic E-state index is -3.67. The van der Waals surface area contributed by atoms with E-state index in [4.69, 9.17) is 11.6 Å². The lowest BCUT2D eigenvalue weighted by molar-refractivity contribution is -0.116. The molecule has 1 fully saturated rings. The highest BCUT2D eigenvalue weighted by Gasteiger charge is 2.36. The Bertz CT molecular complexity index is 988. The Morgan fingerprint density at radius 2 is 1.96 bits per heavy atom. The highest BCUT2D eigenvalue weighted by Crippen LogP contribution is 2.29. The Hall–Kier alpha value is -2.38. The molecule has 1 heterocycles. The van der Waals surface area contributed by atoms with Gasteiger partial charge in [-0.2, -0.15) is 0 Å². The molecule has 136 valence electrons. The van der Waals surface area contributed by atoms with Crippen LogP contribution in [0, 0.1) is 6.92 Å². The summed E-state index contributed by atoms with van der Waals surface area (Å²) in [6.45, 7) is 2.30. The van der Waals surface area contributed by atoms with E-state index >= 15 is 0 Å². The first-order chi connectivity index (χ1) is 12.3. The summed E-state index contributed by atoms with van der Waals surface area (Å²) < 4.78 is 24.7. The van der Waals surface area contributed by atoms with Gasteiger partial charge in [0.05, 0.1) is 22.0 Å². The van der Waals surface area contributed by atoms with Crippen molar-refractivity contribution in [3.05, 3.63) is 64.2 Å². The van der Waals surface area contributed by atoms with Gasteiger partial charge in [0, 0.05) is 13.0 Å². The monoisotopic (exact) mass is 392 g/mol. The topological polar surface area (TPSA) is 83.6 Å². The van der Waals surface area contributed by atoms with Crippen LogP contribution in [-0.4, -0.2) is 26.0 Å². The molecule has 26 heavy (non-hydrogen) atoms. The second kappa shape index (κ2) is 7.09. The lowest BCUT2D eigenvalue weighted by atomic mass is 10.1. The van der Waals surface area contributed by atoms with Crippen LogP contribution in [0.4, 0.5) is 5.69 Å². The highest BCUT2D eigenvalue weighted by molar-refractivity contribution is 7.94. The van der Waals surface area contributed by atoms with Crippen molar-refractivity contribution in [2.75, 3.05) is 10.1 Å². The van der Waals surface area contributed by atoms with Gasteiger partial charge >= 0.3 is 0 Å². The quantitative estimate of drug-likeness (QED) is 0.866. The van der Waals surface area contributed by atoms with Crippen LogP contribution in [0.25, 0.3) is 0 Å². The highest BCUT2D eigenvalue weighted by atomic mass is 35.5. The van der Waals surface area contributed by atoms with Crippen LogP contribution in [-0.2, 0) is 21.4 Å². The van der Waals surface area contributed by atoms with Crippen molar-refractivity contribution in [1.29, 1.82) is 0 Å². The van der Waals surface area contributed by atoms with E-state index in [-0.39, 0.29) is 34.4 Å². The van der Waals surface area contributed by atoms with Gasteiger partial charge in [-0.1, -0.05) is 35.9 Å². The maximum absolute atomic E-state index is 12.4. The molecule has 6 nitrogen and oxygen atoms in total. The van der Waals surface area contributed by atoms with E-state index in [9.17, 15) is 18.0 Å². The van der Waals surface area contributed by atoms with Gasteiger partial charge in [0.1, 0.15) is 0 Å². The number of sulfonamides is 1. The molecular formula is C18H17ClN2O4S. The molecule has 1 N–H and O–H groups in total. The number of amides is 2. The molecule has 1 aliphatic heterocycles. The van der Waals surface area contributed by atoms with Crippen LogP contribution in [0.5, 0.6) is 0 Å². The Morgan fingerprint density at radius 1 is 1.23 bits per heavy atom. The third-order valence-corrected chi connectivity index (χ3v) is 6.21. The van der Waals surface area contributed by atoms with E-state index in [1.807, 2.05) is 31.2 Å². The number of halogens is 1. The summed E-state index contributed by atoms with van der Waals surface area (Å²) >= 11 is 6.16. The van der Waals surface area contributed by atoms with Gasteiger partial charge in [0.25, 0.3) is 5.91 Å². The van der Waals surface area contributed by atoms with Gasteiger partial charge in [-0.15, -0.1) is 0 Å². The molecule has 0 spiro atoms. The average Bonchev–Trinajstić information content (AvgIpc) is 2.86. The van der Waals surface area contributed by atoms with Crippen LogP contribution in [0.2, 0.25) is 5.02 Å². The zero-order chi connectivity index (χ0) is 18.9. The van der Waals surface area contributed by atoms with Gasteiger partial charge in [0.2, 0.25) is 15.9 Å². The van der Waals surface area contributed by atoms with Gasteiger partial charge in [0.15, 0.2) is 0 Å². The number of carbonyl (C=O) groups is 2. The zero-order valence-corrected chi connectivity index (χ0v) is 15.6. The molecule has 0 unspecified atom stereocenters. The smallest absolute Gasteiger partial charge is 0.253 e. The van der Waals surface area contributed by atoms with Crippen LogP contribution >= 0.6 is 11.6 Å². The number of nitrogens with one attached hydrogen (secondary N) is 1. The first-order valence-electron chi connectivity index (χ1n) is 7.98. The first-order valence-corrected chi connectivity index (χ1v) is 9.96. The van der Waals surface area contributed by atoms with Crippen molar-refractivity contribution < 1.29 is 18.0 Å². The first kappa shape index (κ1) is 18.4. The minimum Gasteiger partial charge on any atom is -0.348 e. The second-order valence-electron chi connectivity index (χ2n) is 6.00. The maximum atomic E-state index is 12.4. The number of benzene rings is 2. The Morgan fingerprint density at radius 3 is 2.58 bits per heavy atom. The maximum Gasteiger partial charge on any atom is 0.253 e. The van der Waals surface area contributed by atoms with E-state index in [0.29, 0.717) is 6.54 Å². The molecule has 0 bridgehead atoms. The summed E-state index contributed by atoms with van der Waals surface area (Å²) in [6.07, 6.45) is -0.0569. The van der Waals surface area contributed by atoms with E-state index in [1.165, 1.54) is 18.2 Å². The molecule has 1 saturated heterocycles. The van der Waals surface area contributed by atoms with E-state index in [0.717, 1.165) is 15.4 Å². The molecule has 0 atom stereocenters. The molecule has 1 aliphatic rings. The van der Waals surface area contributed by atoms with Crippen LogP contribution in [0.3, 0.4) is 0 Å². The molecule has 2 aromatic rings. The lowest BCUT2D eigenvalue weighted by Gasteiger charge is -2.16. The fourth-order valence-corrected chi connectivity index (χ4v) is 4.47. The summed E-state index contributed by atoms with van der Waals surface area (Å²) in [7, 11) is -3.67. The summed E-state index contributed by atoms with van der Waals surface area (Å²) in [6, 6.07) is 11.8. The molecule has 2 aromatic carbocycles. The Labute approximate surface area is 156 Å². The van der Waals surface area contributed by atoms with Crippen molar-refractivity contribution in [3.8, 4) is 0 Å². The van der Waals surface area contributed by atoms with Crippen molar-refractivity contribution in [2.45, 2.75) is 19.9 Å². The fraction of sp³-hybridized carbons (Fsp3) is 0.222. The van der Waals surface area contributed by atoms with E-state index in [1.54, 1.807) is 0 Å². The summed E-state index contributed by atoms with van der Waals surface area (Å²) in [5.41, 5.74) is 2.41.